The summed E-state index contributed by atoms with van der Waals surface area (Å²) in [5.41, 5.74) is 2.80. The smallest absolute Gasteiger partial charge is 0.265 e. The molecule has 99 heavy (non-hydrogen) atoms. The molecular weight excluding hydrogens is 1330 g/mol. The molecule has 0 unspecified atom stereocenters. The first-order chi connectivity index (χ1) is 47.0. The van der Waals surface area contributed by atoms with E-state index in [1.807, 2.05) is 0 Å². The number of carbonyl (C=O) groups is 7. The highest BCUT2D eigenvalue weighted by Crippen LogP contribution is 2.32. The molecule has 9 aromatic rings. The van der Waals surface area contributed by atoms with E-state index in [4.69, 9.17) is 34.8 Å². The van der Waals surface area contributed by atoms with Gasteiger partial charge >= 0.3 is 0 Å². The average molecular weight is 1400 g/mol. The van der Waals surface area contributed by atoms with Crippen LogP contribution in [0.5, 0.6) is 0 Å². The second-order valence-corrected chi connectivity index (χ2v) is 28.3. The van der Waals surface area contributed by atoms with E-state index in [1.165, 1.54) is 50.4 Å². The SMILES string of the molecule is C=Cc1ccnc2c1cc(C(=O)NCc1ccc(Cl)cc1)c(=O)n2CC(=O)N1CC(C)(C)C1.CC1(C)CN(C(=O)Cn2c(=O)c(C(=O)NCc3ccc(Cl)cc3)cc3c(C=O)ccnc32)C1.CC1(C)CN(C(=O)Cn2c(=O)c(C(=O)NCc3ccc(Cl)cc3)cc3c(CO)ccnc32)C1. The summed E-state index contributed by atoms with van der Waals surface area (Å²) in [6.07, 6.45) is 6.70. The molecule has 12 rings (SSSR count). The Morgan fingerprint density at radius 3 is 1.06 bits per heavy atom. The van der Waals surface area contributed by atoms with Gasteiger partial charge in [0.15, 0.2) is 6.29 Å². The molecule has 0 bridgehead atoms. The fraction of sp³-hybridized carbons (Fsp3) is 0.301. The molecule has 3 saturated heterocycles. The van der Waals surface area contributed by atoms with Gasteiger partial charge in [0.25, 0.3) is 34.4 Å². The van der Waals surface area contributed by atoms with Crippen LogP contribution in [0, 0.1) is 16.2 Å². The summed E-state index contributed by atoms with van der Waals surface area (Å²) in [7, 11) is 0. The van der Waals surface area contributed by atoms with Gasteiger partial charge in [-0.3, -0.25) is 61.6 Å². The summed E-state index contributed by atoms with van der Waals surface area (Å²) in [6.45, 7) is 19.5. The van der Waals surface area contributed by atoms with Gasteiger partial charge in [0.05, 0.1) is 6.61 Å². The number of fused-ring (bicyclic) bond motifs is 3. The first-order valence-corrected chi connectivity index (χ1v) is 32.8. The molecule has 3 aliphatic heterocycles. The van der Waals surface area contributed by atoms with Crippen LogP contribution in [0.2, 0.25) is 15.1 Å². The summed E-state index contributed by atoms with van der Waals surface area (Å²) in [5, 5.41) is 21.1. The highest BCUT2D eigenvalue weighted by Gasteiger charge is 2.40. The normalized spacial score (nSPS) is 14.6. The Hall–Kier alpha value is -10.2. The van der Waals surface area contributed by atoms with Crippen molar-refractivity contribution in [3.8, 4) is 0 Å². The van der Waals surface area contributed by atoms with Gasteiger partial charge in [0, 0.05) is 114 Å². The van der Waals surface area contributed by atoms with Gasteiger partial charge < -0.3 is 35.8 Å². The third kappa shape index (κ3) is 16.7. The Kier molecular flexibility index (Phi) is 21.6. The standard InChI is InChI=1S/C25H25ClN4O3.C24H25ClN4O4.C24H23ClN4O4/c1-4-17-9-10-27-22-19(17)11-20(23(32)28-12-16-5-7-18(26)8-6-16)24(33)30(22)13-21(31)29-14-25(2,3)15-29;2*1-24(2)13-28(14-24)20(31)11-29-21-18(16(12-30)7-8-26-21)9-19(23(29)33)22(32)27-10-15-3-5-17(25)6-4-15/h4-11H,1,12-15H2,2-3H3,(H,28,32);3-9,30H,10-14H2,1-2H3,(H,27,32);3-9,12H,10-11,13-14H2,1-2H3,(H,27,32). The van der Waals surface area contributed by atoms with Gasteiger partial charge in [0.1, 0.15) is 53.3 Å². The van der Waals surface area contributed by atoms with Crippen LogP contribution in [-0.4, -0.2) is 129 Å². The van der Waals surface area contributed by atoms with Crippen LogP contribution in [0.3, 0.4) is 0 Å². The lowest BCUT2D eigenvalue weighted by molar-refractivity contribution is -0.142. The molecule has 0 atom stereocenters. The Labute approximate surface area is 584 Å². The van der Waals surface area contributed by atoms with Crippen molar-refractivity contribution in [2.45, 2.75) is 87.4 Å². The molecule has 6 aromatic heterocycles. The van der Waals surface area contributed by atoms with Crippen LogP contribution in [0.15, 0.2) is 149 Å². The first kappa shape index (κ1) is 71.6. The number of carbonyl (C=O) groups excluding carboxylic acids is 7. The number of benzene rings is 3. The molecule has 0 radical (unpaired) electrons. The van der Waals surface area contributed by atoms with Crippen molar-refractivity contribution in [2.75, 3.05) is 39.3 Å². The van der Waals surface area contributed by atoms with Crippen molar-refractivity contribution in [3.05, 3.63) is 231 Å². The number of aliphatic hydroxyl groups excluding tert-OH is 1. The topological polar surface area (TPSA) is 290 Å². The maximum atomic E-state index is 13.3. The van der Waals surface area contributed by atoms with E-state index in [9.17, 15) is 53.1 Å². The molecule has 3 aromatic carbocycles. The van der Waals surface area contributed by atoms with Crippen molar-refractivity contribution in [1.82, 2.24) is 59.3 Å². The fourth-order valence-corrected chi connectivity index (χ4v) is 12.5. The fourth-order valence-electron chi connectivity index (χ4n) is 12.1. The summed E-state index contributed by atoms with van der Waals surface area (Å²) in [5.74, 6) is -2.34. The highest BCUT2D eigenvalue weighted by molar-refractivity contribution is 6.31. The predicted octanol–water partition coefficient (Wildman–Crippen LogP) is 8.49. The molecular formula is C73H73Cl3N12O11. The molecule has 23 nitrogen and oxygen atoms in total. The van der Waals surface area contributed by atoms with Crippen LogP contribution in [-0.2, 0) is 60.3 Å². The third-order valence-corrected chi connectivity index (χ3v) is 17.9. The maximum Gasteiger partial charge on any atom is 0.265 e. The third-order valence-electron chi connectivity index (χ3n) is 17.1. The van der Waals surface area contributed by atoms with Crippen LogP contribution in [0.4, 0.5) is 0 Å². The Morgan fingerprint density at radius 2 is 0.758 bits per heavy atom. The largest absolute Gasteiger partial charge is 0.392 e. The summed E-state index contributed by atoms with van der Waals surface area (Å²) in [4.78, 5) is 147. The highest BCUT2D eigenvalue weighted by atomic mass is 35.5. The van der Waals surface area contributed by atoms with Crippen LogP contribution >= 0.6 is 34.8 Å². The number of pyridine rings is 6. The zero-order valence-corrected chi connectivity index (χ0v) is 57.6. The van der Waals surface area contributed by atoms with E-state index in [1.54, 1.807) is 112 Å². The number of aromatic nitrogens is 6. The van der Waals surface area contributed by atoms with Crippen molar-refractivity contribution < 1.29 is 38.7 Å². The molecule has 512 valence electrons. The molecule has 3 fully saturated rings. The summed E-state index contributed by atoms with van der Waals surface area (Å²) >= 11 is 17.7. The average Bonchev–Trinajstić information content (AvgIpc) is 0.785. The number of halogens is 3. The van der Waals surface area contributed by atoms with Crippen molar-refractivity contribution in [3.63, 3.8) is 0 Å². The molecule has 6 amide bonds. The summed E-state index contributed by atoms with van der Waals surface area (Å²) < 4.78 is 3.68. The van der Waals surface area contributed by atoms with E-state index in [2.05, 4.69) is 79.0 Å². The molecule has 9 heterocycles. The van der Waals surface area contributed by atoms with Crippen molar-refractivity contribution in [2.24, 2.45) is 16.2 Å². The van der Waals surface area contributed by atoms with Crippen molar-refractivity contribution in [1.29, 1.82) is 0 Å². The van der Waals surface area contributed by atoms with Gasteiger partial charge in [-0.1, -0.05) is 125 Å². The van der Waals surface area contributed by atoms with E-state index >= 15 is 0 Å². The number of aliphatic hydroxyl groups is 1. The van der Waals surface area contributed by atoms with Crippen LogP contribution in [0.1, 0.15) is 111 Å². The molecule has 26 heteroatoms. The number of likely N-dealkylation sites (tertiary alicyclic amines) is 3. The van der Waals surface area contributed by atoms with E-state index in [-0.39, 0.29) is 113 Å². The van der Waals surface area contributed by atoms with Gasteiger partial charge in [-0.05, 0) is 117 Å². The minimum atomic E-state index is -0.639. The van der Waals surface area contributed by atoms with Gasteiger partial charge in [-0.25, -0.2) is 15.0 Å². The first-order valence-electron chi connectivity index (χ1n) is 31.7. The van der Waals surface area contributed by atoms with Crippen LogP contribution < -0.4 is 32.6 Å². The quantitative estimate of drug-likeness (QED) is 0.0586. The lowest BCUT2D eigenvalue weighted by Crippen LogP contribution is -2.56. The van der Waals surface area contributed by atoms with Gasteiger partial charge in [0.2, 0.25) is 17.7 Å². The lowest BCUT2D eigenvalue weighted by Gasteiger charge is -2.45. The van der Waals surface area contributed by atoms with Gasteiger partial charge in [-0.2, -0.15) is 0 Å². The number of hydrogen-bond acceptors (Lipinski definition) is 14. The van der Waals surface area contributed by atoms with Gasteiger partial charge in [-0.15, -0.1) is 0 Å². The molecule has 0 saturated carbocycles. The second-order valence-electron chi connectivity index (χ2n) is 27.0. The minimum Gasteiger partial charge on any atom is -0.392 e. The number of hydrogen-bond donors (Lipinski definition) is 4. The Morgan fingerprint density at radius 1 is 0.465 bits per heavy atom. The lowest BCUT2D eigenvalue weighted by atomic mass is 9.84. The number of amides is 6. The second kappa shape index (κ2) is 29.9. The monoisotopic (exact) mass is 1400 g/mol. The Bertz CT molecular complexity index is 4650. The number of nitrogens with one attached hydrogen (secondary N) is 3. The zero-order valence-electron chi connectivity index (χ0n) is 55.4. The Balaban J connectivity index is 0.000000161. The van der Waals surface area contributed by atoms with Crippen LogP contribution in [0.25, 0.3) is 39.2 Å². The molecule has 4 N–H and O–H groups in total. The van der Waals surface area contributed by atoms with E-state index in [0.29, 0.717) is 88.0 Å². The summed E-state index contributed by atoms with van der Waals surface area (Å²) in [6, 6.07) is 30.2. The number of rotatable bonds is 18. The van der Waals surface area contributed by atoms with E-state index < -0.39 is 34.4 Å². The molecule has 0 aliphatic carbocycles. The predicted molar refractivity (Wildman–Crippen MR) is 378 cm³/mol. The van der Waals surface area contributed by atoms with Crippen molar-refractivity contribution >= 4 is 116 Å². The number of nitrogens with zero attached hydrogens (tertiary/aromatic N) is 9. The maximum absolute atomic E-state index is 13.3. The minimum absolute atomic E-state index is 0.0367. The number of aldehydes is 1. The molecule has 0 spiro atoms. The van der Waals surface area contributed by atoms with E-state index in [0.717, 1.165) is 22.3 Å². The zero-order chi connectivity index (χ0) is 71.3. The molecule has 3 aliphatic rings.